The number of unbranched alkanes of at least 4 members (excludes halogenated alkanes) is 7. The topological polar surface area (TPSA) is 65.0 Å². The number of hydrogen-bond donors (Lipinski definition) is 1. The van der Waals surface area contributed by atoms with E-state index in [9.17, 15) is 9.67 Å². The van der Waals surface area contributed by atoms with Crippen LogP contribution in [0.2, 0.25) is 0 Å². The molecule has 0 aliphatic rings. The number of aliphatic hydroxyl groups is 1. The number of aliphatic hydroxyl groups excluding tert-OH is 1. The summed E-state index contributed by atoms with van der Waals surface area (Å²) in [6.45, 7) is 2.20. The number of phosphoric acid groups is 1. The molecule has 0 aromatic rings. The molecule has 0 saturated heterocycles. The molecule has 6 heteroatoms. The first-order valence-corrected chi connectivity index (χ1v) is 9.08. The molecular weight excluding hydrogens is 279 g/mol. The molecule has 0 spiro atoms. The third kappa shape index (κ3) is 10.8. The van der Waals surface area contributed by atoms with Gasteiger partial charge >= 0.3 is 7.82 Å². The highest BCUT2D eigenvalue weighted by atomic mass is 31.2. The van der Waals surface area contributed by atoms with Gasteiger partial charge in [-0.2, -0.15) is 0 Å². The van der Waals surface area contributed by atoms with Crippen LogP contribution in [0.25, 0.3) is 0 Å². The van der Waals surface area contributed by atoms with Gasteiger partial charge in [0.25, 0.3) is 0 Å². The lowest BCUT2D eigenvalue weighted by Crippen LogP contribution is -2.14. The van der Waals surface area contributed by atoms with E-state index >= 15 is 0 Å². The Morgan fingerprint density at radius 1 is 0.950 bits per heavy atom. The van der Waals surface area contributed by atoms with Crippen LogP contribution in [-0.2, 0) is 18.1 Å². The van der Waals surface area contributed by atoms with Crippen molar-refractivity contribution >= 4 is 7.82 Å². The zero-order valence-electron chi connectivity index (χ0n) is 13.2. The van der Waals surface area contributed by atoms with E-state index < -0.39 is 13.9 Å². The number of rotatable bonds is 14. The Morgan fingerprint density at radius 2 is 1.45 bits per heavy atom. The van der Waals surface area contributed by atoms with E-state index in [-0.39, 0.29) is 6.61 Å². The standard InChI is InChI=1S/C14H31O5P/c1-4-5-6-7-8-9-10-11-12-14(15)13-19-20(16,17-2)18-3/h14-15H,4-13H2,1-3H3. The summed E-state index contributed by atoms with van der Waals surface area (Å²) in [5.74, 6) is 0. The number of phosphoric ester groups is 1. The first-order valence-electron chi connectivity index (χ1n) is 7.62. The Hall–Kier alpha value is 0.0700. The Kier molecular flexibility index (Phi) is 12.8. The van der Waals surface area contributed by atoms with Crippen molar-refractivity contribution in [3.05, 3.63) is 0 Å². The van der Waals surface area contributed by atoms with Crippen molar-refractivity contribution in [1.29, 1.82) is 0 Å². The normalized spacial score (nSPS) is 13.6. The SMILES string of the molecule is CCCCCCCCCCC(O)COP(=O)(OC)OC. The van der Waals surface area contributed by atoms with Crippen molar-refractivity contribution in [2.45, 2.75) is 70.8 Å². The highest BCUT2D eigenvalue weighted by Crippen LogP contribution is 2.47. The van der Waals surface area contributed by atoms with Crippen molar-refractivity contribution in [2.24, 2.45) is 0 Å². The fourth-order valence-corrected chi connectivity index (χ4v) is 2.67. The van der Waals surface area contributed by atoms with Crippen LogP contribution in [0.15, 0.2) is 0 Å². The maximum Gasteiger partial charge on any atom is 0.474 e. The summed E-state index contributed by atoms with van der Waals surface area (Å²) in [6.07, 6.45) is 9.85. The summed E-state index contributed by atoms with van der Waals surface area (Å²) in [6, 6.07) is 0. The molecule has 5 nitrogen and oxygen atoms in total. The molecule has 1 unspecified atom stereocenters. The van der Waals surface area contributed by atoms with Crippen molar-refractivity contribution < 1.29 is 23.2 Å². The van der Waals surface area contributed by atoms with Crippen LogP contribution in [0.4, 0.5) is 0 Å². The summed E-state index contributed by atoms with van der Waals surface area (Å²) in [5, 5.41) is 9.72. The molecule has 0 aromatic carbocycles. The molecule has 1 N–H and O–H groups in total. The smallest absolute Gasteiger partial charge is 0.391 e. The van der Waals surface area contributed by atoms with Gasteiger partial charge in [0.1, 0.15) is 0 Å². The van der Waals surface area contributed by atoms with Gasteiger partial charge in [0.15, 0.2) is 0 Å². The summed E-state index contributed by atoms with van der Waals surface area (Å²) in [4.78, 5) is 0. The first kappa shape index (κ1) is 20.1. The van der Waals surface area contributed by atoms with Gasteiger partial charge in [0.05, 0.1) is 12.7 Å². The van der Waals surface area contributed by atoms with Gasteiger partial charge in [0.2, 0.25) is 0 Å². The lowest BCUT2D eigenvalue weighted by molar-refractivity contribution is 0.0670. The second kappa shape index (κ2) is 12.8. The van der Waals surface area contributed by atoms with Gasteiger partial charge in [-0.1, -0.05) is 58.3 Å². The Bertz CT molecular complexity index is 252. The fraction of sp³-hybridized carbons (Fsp3) is 1.00. The predicted molar refractivity (Wildman–Crippen MR) is 80.8 cm³/mol. The third-order valence-electron chi connectivity index (χ3n) is 3.26. The van der Waals surface area contributed by atoms with Gasteiger partial charge in [-0.3, -0.25) is 13.6 Å². The highest BCUT2D eigenvalue weighted by Gasteiger charge is 2.23. The molecule has 1 atom stereocenters. The van der Waals surface area contributed by atoms with E-state index in [0.717, 1.165) is 12.8 Å². The van der Waals surface area contributed by atoms with Crippen LogP contribution in [0.3, 0.4) is 0 Å². The van der Waals surface area contributed by atoms with Crippen molar-refractivity contribution in [3.63, 3.8) is 0 Å². The van der Waals surface area contributed by atoms with Crippen LogP contribution >= 0.6 is 7.82 Å². The quantitative estimate of drug-likeness (QED) is 0.383. The van der Waals surface area contributed by atoms with Crippen molar-refractivity contribution in [2.75, 3.05) is 20.8 Å². The van der Waals surface area contributed by atoms with Crippen LogP contribution in [0.5, 0.6) is 0 Å². The van der Waals surface area contributed by atoms with Crippen LogP contribution in [-0.4, -0.2) is 32.0 Å². The van der Waals surface area contributed by atoms with E-state index in [2.05, 4.69) is 16.0 Å². The Balaban J connectivity index is 3.45. The summed E-state index contributed by atoms with van der Waals surface area (Å²) < 4.78 is 25.8. The molecule has 0 bridgehead atoms. The van der Waals surface area contributed by atoms with E-state index in [1.807, 2.05) is 0 Å². The minimum atomic E-state index is -3.46. The van der Waals surface area contributed by atoms with Crippen LogP contribution < -0.4 is 0 Å². The molecule has 0 aliphatic carbocycles. The zero-order chi connectivity index (χ0) is 15.3. The van der Waals surface area contributed by atoms with E-state index in [4.69, 9.17) is 4.52 Å². The van der Waals surface area contributed by atoms with Crippen LogP contribution in [0, 0.1) is 0 Å². The van der Waals surface area contributed by atoms with Gasteiger partial charge in [-0.15, -0.1) is 0 Å². The highest BCUT2D eigenvalue weighted by molar-refractivity contribution is 7.48. The molecule has 0 radical (unpaired) electrons. The lowest BCUT2D eigenvalue weighted by atomic mass is 10.1. The lowest BCUT2D eigenvalue weighted by Gasteiger charge is -2.16. The summed E-state index contributed by atoms with van der Waals surface area (Å²) in [5.41, 5.74) is 0. The molecule has 0 saturated carbocycles. The molecule has 0 amide bonds. The molecule has 0 fully saturated rings. The van der Waals surface area contributed by atoms with Gasteiger partial charge < -0.3 is 5.11 Å². The molecule has 0 rings (SSSR count). The van der Waals surface area contributed by atoms with Gasteiger partial charge in [-0.05, 0) is 6.42 Å². The minimum Gasteiger partial charge on any atom is -0.391 e. The summed E-state index contributed by atoms with van der Waals surface area (Å²) >= 11 is 0. The summed E-state index contributed by atoms with van der Waals surface area (Å²) in [7, 11) is -0.937. The average Bonchev–Trinajstić information content (AvgIpc) is 2.47. The van der Waals surface area contributed by atoms with Gasteiger partial charge in [0, 0.05) is 14.2 Å². The molecular formula is C14H31O5P. The molecule has 0 heterocycles. The van der Waals surface area contributed by atoms with Crippen molar-refractivity contribution in [3.8, 4) is 0 Å². The minimum absolute atomic E-state index is 0.0184. The molecule has 122 valence electrons. The monoisotopic (exact) mass is 310 g/mol. The Morgan fingerprint density at radius 3 is 1.95 bits per heavy atom. The second-order valence-electron chi connectivity index (χ2n) is 5.03. The fourth-order valence-electron chi connectivity index (χ4n) is 1.95. The maximum absolute atomic E-state index is 11.6. The average molecular weight is 310 g/mol. The molecule has 0 aromatic heterocycles. The Labute approximate surface area is 123 Å². The van der Waals surface area contributed by atoms with Crippen LogP contribution in [0.1, 0.15) is 64.7 Å². The van der Waals surface area contributed by atoms with E-state index in [0.29, 0.717) is 6.42 Å². The zero-order valence-corrected chi connectivity index (χ0v) is 14.1. The van der Waals surface area contributed by atoms with E-state index in [1.165, 1.54) is 52.7 Å². The van der Waals surface area contributed by atoms with Crippen molar-refractivity contribution in [1.82, 2.24) is 0 Å². The van der Waals surface area contributed by atoms with Gasteiger partial charge in [-0.25, -0.2) is 4.57 Å². The molecule has 20 heavy (non-hydrogen) atoms. The maximum atomic E-state index is 11.6. The largest absolute Gasteiger partial charge is 0.474 e. The predicted octanol–water partition coefficient (Wildman–Crippen LogP) is 4.30. The first-order chi connectivity index (χ1) is 9.58. The van der Waals surface area contributed by atoms with E-state index in [1.54, 1.807) is 0 Å². The molecule has 0 aliphatic heterocycles. The third-order valence-corrected chi connectivity index (χ3v) is 4.62. The number of hydrogen-bond acceptors (Lipinski definition) is 5. The second-order valence-corrected chi connectivity index (χ2v) is 6.91.